The van der Waals surface area contributed by atoms with E-state index in [-0.39, 0.29) is 12.1 Å². The van der Waals surface area contributed by atoms with Crippen LogP contribution in [0.5, 0.6) is 0 Å². The summed E-state index contributed by atoms with van der Waals surface area (Å²) in [7, 11) is 1.81. The molecule has 5 nitrogen and oxygen atoms in total. The van der Waals surface area contributed by atoms with Crippen LogP contribution < -0.4 is 5.32 Å². The molecule has 0 spiro atoms. The van der Waals surface area contributed by atoms with Crippen LogP contribution >= 0.6 is 11.3 Å². The minimum Gasteiger partial charge on any atom is -0.325 e. The molecule has 2 rings (SSSR count). The summed E-state index contributed by atoms with van der Waals surface area (Å²) in [6.07, 6.45) is 7.24. The molecule has 0 bridgehead atoms. The van der Waals surface area contributed by atoms with Crippen LogP contribution in [0.15, 0.2) is 0 Å². The third-order valence-electron chi connectivity index (χ3n) is 4.18. The van der Waals surface area contributed by atoms with Crippen molar-refractivity contribution in [3.8, 4) is 0 Å². The van der Waals surface area contributed by atoms with E-state index in [1.54, 1.807) is 4.90 Å². The number of hydrogen-bond donors (Lipinski definition) is 1. The number of aromatic nitrogens is 2. The lowest BCUT2D eigenvalue weighted by atomic mass is 9.90. The Balaban J connectivity index is 1.93. The van der Waals surface area contributed by atoms with Crippen LogP contribution in [0, 0.1) is 0 Å². The van der Waals surface area contributed by atoms with Gasteiger partial charge in [-0.1, -0.05) is 37.5 Å². The number of anilines is 1. The Morgan fingerprint density at radius 1 is 1.40 bits per heavy atom. The van der Waals surface area contributed by atoms with E-state index < -0.39 is 0 Å². The summed E-state index contributed by atoms with van der Waals surface area (Å²) in [4.78, 5) is 13.8. The van der Waals surface area contributed by atoms with E-state index in [9.17, 15) is 4.79 Å². The molecule has 1 aliphatic rings. The summed E-state index contributed by atoms with van der Waals surface area (Å²) in [6.45, 7) is 4.10. The number of carbonyl (C=O) groups excluding carboxylic acids is 1. The fourth-order valence-corrected chi connectivity index (χ4v) is 3.36. The normalized spacial score (nSPS) is 17.8. The Kier molecular flexibility index (Phi) is 5.34. The number of urea groups is 1. The van der Waals surface area contributed by atoms with Crippen LogP contribution in [0.2, 0.25) is 0 Å². The van der Waals surface area contributed by atoms with Gasteiger partial charge in [-0.25, -0.2) is 4.79 Å². The monoisotopic (exact) mass is 296 g/mol. The molecule has 1 saturated carbocycles. The molecule has 0 aromatic carbocycles. The highest BCUT2D eigenvalue weighted by atomic mass is 32.1. The SMILES string of the molecule is CCC(C)N(C)C(=O)Nc1nnc(C2CCCCC2)s1. The average molecular weight is 296 g/mol. The molecule has 0 radical (unpaired) electrons. The molecule has 1 N–H and O–H groups in total. The van der Waals surface area contributed by atoms with Gasteiger partial charge >= 0.3 is 6.03 Å². The van der Waals surface area contributed by atoms with Crippen molar-refractivity contribution in [3.63, 3.8) is 0 Å². The highest BCUT2D eigenvalue weighted by molar-refractivity contribution is 7.15. The molecule has 0 saturated heterocycles. The van der Waals surface area contributed by atoms with E-state index in [1.807, 2.05) is 14.0 Å². The van der Waals surface area contributed by atoms with Gasteiger partial charge < -0.3 is 4.90 Å². The number of rotatable bonds is 4. The van der Waals surface area contributed by atoms with Crippen molar-refractivity contribution >= 4 is 22.5 Å². The average Bonchev–Trinajstić information content (AvgIpc) is 2.95. The third-order valence-corrected chi connectivity index (χ3v) is 5.18. The lowest BCUT2D eigenvalue weighted by Crippen LogP contribution is -2.37. The molecule has 1 aliphatic carbocycles. The highest BCUT2D eigenvalue weighted by Gasteiger charge is 2.21. The van der Waals surface area contributed by atoms with Crippen LogP contribution in [-0.4, -0.2) is 34.2 Å². The second kappa shape index (κ2) is 7.02. The molecule has 1 atom stereocenters. The molecular formula is C14H24N4OS. The number of hydrogen-bond acceptors (Lipinski definition) is 4. The molecule has 112 valence electrons. The maximum absolute atomic E-state index is 12.1. The van der Waals surface area contributed by atoms with E-state index >= 15 is 0 Å². The lowest BCUT2D eigenvalue weighted by molar-refractivity contribution is 0.206. The lowest BCUT2D eigenvalue weighted by Gasteiger charge is -2.23. The van der Waals surface area contributed by atoms with Crippen molar-refractivity contribution in [2.75, 3.05) is 12.4 Å². The van der Waals surface area contributed by atoms with E-state index in [4.69, 9.17) is 0 Å². The summed E-state index contributed by atoms with van der Waals surface area (Å²) in [5.74, 6) is 0.541. The summed E-state index contributed by atoms with van der Waals surface area (Å²) < 4.78 is 0. The van der Waals surface area contributed by atoms with Crippen molar-refractivity contribution < 1.29 is 4.79 Å². The van der Waals surface area contributed by atoms with Crippen LogP contribution in [0.1, 0.15) is 63.3 Å². The van der Waals surface area contributed by atoms with E-state index in [0.717, 1.165) is 11.4 Å². The molecule has 1 unspecified atom stereocenters. The first-order valence-corrected chi connectivity index (χ1v) is 8.30. The Morgan fingerprint density at radius 3 is 2.75 bits per heavy atom. The molecule has 1 heterocycles. The molecular weight excluding hydrogens is 272 g/mol. The van der Waals surface area contributed by atoms with Gasteiger partial charge in [-0.3, -0.25) is 5.32 Å². The molecule has 6 heteroatoms. The summed E-state index contributed by atoms with van der Waals surface area (Å²) in [5, 5.41) is 12.9. The van der Waals surface area contributed by atoms with Gasteiger partial charge in [-0.05, 0) is 26.2 Å². The second-order valence-electron chi connectivity index (χ2n) is 5.58. The van der Waals surface area contributed by atoms with E-state index in [2.05, 4.69) is 22.4 Å². The van der Waals surface area contributed by atoms with Crippen molar-refractivity contribution in [3.05, 3.63) is 5.01 Å². The van der Waals surface area contributed by atoms with Gasteiger partial charge in [0, 0.05) is 19.0 Å². The summed E-state index contributed by atoms with van der Waals surface area (Å²) in [6, 6.07) is 0.117. The second-order valence-corrected chi connectivity index (χ2v) is 6.59. The third kappa shape index (κ3) is 3.69. The van der Waals surface area contributed by atoms with Crippen molar-refractivity contribution in [2.45, 2.75) is 64.3 Å². The van der Waals surface area contributed by atoms with Gasteiger partial charge in [0.25, 0.3) is 0 Å². The molecule has 1 aromatic rings. The van der Waals surface area contributed by atoms with Gasteiger partial charge in [0.2, 0.25) is 5.13 Å². The minimum absolute atomic E-state index is 0.106. The van der Waals surface area contributed by atoms with Crippen LogP contribution in [0.4, 0.5) is 9.93 Å². The van der Waals surface area contributed by atoms with Gasteiger partial charge in [0.1, 0.15) is 5.01 Å². The standard InChI is InChI=1S/C14H24N4OS/c1-4-10(2)18(3)14(19)15-13-17-16-12(20-13)11-8-6-5-7-9-11/h10-11H,4-9H2,1-3H3,(H,15,17,19). The Hall–Kier alpha value is -1.17. The zero-order valence-electron chi connectivity index (χ0n) is 12.6. The predicted octanol–water partition coefficient (Wildman–Crippen LogP) is 3.85. The first-order chi connectivity index (χ1) is 9.61. The zero-order valence-corrected chi connectivity index (χ0v) is 13.4. The smallest absolute Gasteiger partial charge is 0.323 e. The van der Waals surface area contributed by atoms with Crippen molar-refractivity contribution in [1.82, 2.24) is 15.1 Å². The minimum atomic E-state index is -0.106. The highest BCUT2D eigenvalue weighted by Crippen LogP contribution is 2.35. The van der Waals surface area contributed by atoms with Crippen molar-refractivity contribution in [1.29, 1.82) is 0 Å². The molecule has 1 fully saturated rings. The summed E-state index contributed by atoms with van der Waals surface area (Å²) >= 11 is 1.52. The maximum Gasteiger partial charge on any atom is 0.323 e. The van der Waals surface area contributed by atoms with E-state index in [1.165, 1.54) is 43.4 Å². The van der Waals surface area contributed by atoms with Gasteiger partial charge in [0.05, 0.1) is 0 Å². The maximum atomic E-state index is 12.1. The molecule has 20 heavy (non-hydrogen) atoms. The zero-order chi connectivity index (χ0) is 14.5. The number of amides is 2. The van der Waals surface area contributed by atoms with E-state index in [0.29, 0.717) is 11.0 Å². The first kappa shape index (κ1) is 15.2. The van der Waals surface area contributed by atoms with Gasteiger partial charge in [-0.2, -0.15) is 0 Å². The fourth-order valence-electron chi connectivity index (χ4n) is 2.45. The summed E-state index contributed by atoms with van der Waals surface area (Å²) in [5.41, 5.74) is 0. The topological polar surface area (TPSA) is 58.1 Å². The largest absolute Gasteiger partial charge is 0.325 e. The fraction of sp³-hybridized carbons (Fsp3) is 0.786. The Morgan fingerprint density at radius 2 is 2.10 bits per heavy atom. The number of nitrogens with zero attached hydrogens (tertiary/aromatic N) is 3. The Bertz CT molecular complexity index is 442. The van der Waals surface area contributed by atoms with Gasteiger partial charge in [-0.15, -0.1) is 10.2 Å². The van der Waals surface area contributed by atoms with Gasteiger partial charge in [0.15, 0.2) is 0 Å². The van der Waals surface area contributed by atoms with Crippen LogP contribution in [0.3, 0.4) is 0 Å². The molecule has 0 aliphatic heterocycles. The number of nitrogens with one attached hydrogen (secondary N) is 1. The van der Waals surface area contributed by atoms with Crippen LogP contribution in [-0.2, 0) is 0 Å². The predicted molar refractivity (Wildman–Crippen MR) is 82.3 cm³/mol. The molecule has 2 amide bonds. The van der Waals surface area contributed by atoms with Crippen LogP contribution in [0.25, 0.3) is 0 Å². The van der Waals surface area contributed by atoms with Crippen molar-refractivity contribution in [2.24, 2.45) is 0 Å². The first-order valence-electron chi connectivity index (χ1n) is 7.49. The Labute approximate surface area is 124 Å². The quantitative estimate of drug-likeness (QED) is 0.918. The number of carbonyl (C=O) groups is 1. The molecule has 1 aromatic heterocycles.